The number of hydrogen-bond donors (Lipinski definition) is 0. The van der Waals surface area contributed by atoms with Gasteiger partial charge >= 0.3 is 0 Å². The maximum Gasteiger partial charge on any atom is 0.115 e. The summed E-state index contributed by atoms with van der Waals surface area (Å²) in [4.78, 5) is 0. The molecule has 32 heavy (non-hydrogen) atoms. The van der Waals surface area contributed by atoms with E-state index in [4.69, 9.17) is 78.5 Å². The van der Waals surface area contributed by atoms with E-state index in [-0.39, 0.29) is 32.8 Å². The summed E-state index contributed by atoms with van der Waals surface area (Å²) in [5.41, 5.74) is 6.93. The van der Waals surface area contributed by atoms with E-state index in [9.17, 15) is 0 Å². The summed E-state index contributed by atoms with van der Waals surface area (Å²) < 4.78 is 0. The first-order valence-electron chi connectivity index (χ1n) is 9.89. The standard InChI is InChI=1S/C22H12B10/c1-5-7(3)15(25)17(27)9(13(5)23)11-19(29)21(31)12(22(32)20(11)30)10-14(24)6(2)8(4)16(26)18(10)28/h1-4H3. The van der Waals surface area contributed by atoms with Crippen LogP contribution in [0.4, 0.5) is 0 Å². The summed E-state index contributed by atoms with van der Waals surface area (Å²) in [6, 6.07) is 0. The Kier molecular flexibility index (Phi) is 6.69. The third-order valence-electron chi connectivity index (χ3n) is 6.56. The molecule has 0 atom stereocenters. The lowest BCUT2D eigenvalue weighted by Crippen LogP contribution is -2.50. The predicted octanol–water partition coefficient (Wildman–Crippen LogP) is -5.81. The Hall–Kier alpha value is -1.69. The molecule has 0 heterocycles. The van der Waals surface area contributed by atoms with E-state index in [1.165, 1.54) is 0 Å². The van der Waals surface area contributed by atoms with Crippen molar-refractivity contribution < 1.29 is 0 Å². The fraction of sp³-hybridized carbons (Fsp3) is 0.182. The van der Waals surface area contributed by atoms with Crippen LogP contribution in [0.1, 0.15) is 22.3 Å². The Bertz CT molecular complexity index is 1120. The van der Waals surface area contributed by atoms with Gasteiger partial charge in [0.1, 0.15) is 78.5 Å². The van der Waals surface area contributed by atoms with Gasteiger partial charge in [-0.25, -0.2) is 0 Å². The van der Waals surface area contributed by atoms with E-state index < -0.39 is 0 Å². The summed E-state index contributed by atoms with van der Waals surface area (Å²) >= 11 is 0. The minimum absolute atomic E-state index is 0.128. The first kappa shape index (κ1) is 24.9. The molecule has 0 fully saturated rings. The zero-order valence-corrected chi connectivity index (χ0v) is 18.8. The van der Waals surface area contributed by atoms with E-state index in [0.29, 0.717) is 44.1 Å². The maximum absolute atomic E-state index is 6.48. The van der Waals surface area contributed by atoms with Gasteiger partial charge in [-0.05, 0) is 49.9 Å². The van der Waals surface area contributed by atoms with Crippen molar-refractivity contribution in [2.45, 2.75) is 27.7 Å². The van der Waals surface area contributed by atoms with Gasteiger partial charge in [0.2, 0.25) is 0 Å². The molecular formula is C22H12B10. The van der Waals surface area contributed by atoms with Crippen molar-refractivity contribution in [3.05, 3.63) is 22.3 Å². The lowest BCUT2D eigenvalue weighted by atomic mass is 9.57. The van der Waals surface area contributed by atoms with E-state index in [2.05, 4.69) is 0 Å². The molecule has 10 heteroatoms. The van der Waals surface area contributed by atoms with E-state index >= 15 is 0 Å². The molecular weight excluding hydrogens is 372 g/mol. The Morgan fingerprint density at radius 1 is 0.250 bits per heavy atom. The Morgan fingerprint density at radius 3 is 0.656 bits per heavy atom. The van der Waals surface area contributed by atoms with Crippen LogP contribution in [-0.4, -0.2) is 78.5 Å². The molecule has 0 bridgehead atoms. The van der Waals surface area contributed by atoms with Crippen molar-refractivity contribution in [1.82, 2.24) is 0 Å². The average molecular weight is 384 g/mol. The second-order valence-electron chi connectivity index (χ2n) is 8.14. The van der Waals surface area contributed by atoms with Crippen LogP contribution in [-0.2, 0) is 0 Å². The third-order valence-corrected chi connectivity index (χ3v) is 6.56. The van der Waals surface area contributed by atoms with Gasteiger partial charge in [0.05, 0.1) is 0 Å². The highest BCUT2D eigenvalue weighted by molar-refractivity contribution is 6.66. The van der Waals surface area contributed by atoms with Crippen molar-refractivity contribution >= 4 is 133 Å². The van der Waals surface area contributed by atoms with Gasteiger partial charge < -0.3 is 0 Å². The van der Waals surface area contributed by atoms with Crippen molar-refractivity contribution in [3.63, 3.8) is 0 Å². The van der Waals surface area contributed by atoms with Crippen LogP contribution >= 0.6 is 0 Å². The monoisotopic (exact) mass is 386 g/mol. The van der Waals surface area contributed by atoms with Crippen LogP contribution < -0.4 is 54.6 Å². The SMILES string of the molecule is [B]c1c([B])c(-c2c([B])c([B])c(-c3c([B])c([B])c(C)c(C)c3[B])c([B])c2[B])c([B])c(C)c1C. The van der Waals surface area contributed by atoms with Gasteiger partial charge in [-0.2, -0.15) is 0 Å². The highest BCUT2D eigenvalue weighted by atomic mass is 14.2. The van der Waals surface area contributed by atoms with Crippen molar-refractivity contribution in [3.8, 4) is 22.3 Å². The van der Waals surface area contributed by atoms with E-state index in [0.717, 1.165) is 22.3 Å². The van der Waals surface area contributed by atoms with Crippen LogP contribution in [0.5, 0.6) is 0 Å². The van der Waals surface area contributed by atoms with Crippen LogP contribution in [0.3, 0.4) is 0 Å². The Balaban J connectivity index is 2.50. The largest absolute Gasteiger partial charge is 0.115 e. The molecule has 0 aliphatic carbocycles. The second-order valence-corrected chi connectivity index (χ2v) is 8.14. The molecule has 0 N–H and O–H groups in total. The van der Waals surface area contributed by atoms with Crippen LogP contribution in [0.2, 0.25) is 0 Å². The number of rotatable bonds is 2. The molecule has 0 amide bonds. The lowest BCUT2D eigenvalue weighted by Gasteiger charge is -2.30. The summed E-state index contributed by atoms with van der Waals surface area (Å²) in [6.45, 7) is 7.32. The predicted molar refractivity (Wildman–Crippen MR) is 150 cm³/mol. The smallest absolute Gasteiger partial charge is 0.0999 e. The maximum atomic E-state index is 6.48. The molecule has 0 aromatic heterocycles. The van der Waals surface area contributed by atoms with E-state index in [1.54, 1.807) is 0 Å². The van der Waals surface area contributed by atoms with Gasteiger partial charge in [0.15, 0.2) is 0 Å². The highest BCUT2D eigenvalue weighted by Crippen LogP contribution is 2.16. The van der Waals surface area contributed by atoms with Crippen molar-refractivity contribution in [2.24, 2.45) is 0 Å². The average Bonchev–Trinajstić information content (AvgIpc) is 2.76. The molecule has 0 nitrogen and oxygen atoms in total. The molecule has 3 aromatic carbocycles. The molecule has 130 valence electrons. The first-order valence-corrected chi connectivity index (χ1v) is 9.89. The molecule has 0 saturated carbocycles. The number of hydrogen-bond acceptors (Lipinski definition) is 0. The molecule has 3 aromatic rings. The van der Waals surface area contributed by atoms with Gasteiger partial charge in [-0.15, -0.1) is 0 Å². The summed E-state index contributed by atoms with van der Waals surface area (Å²) in [5.74, 6) is 0. The molecule has 3 rings (SSSR count). The Labute approximate surface area is 205 Å². The van der Waals surface area contributed by atoms with E-state index in [1.807, 2.05) is 27.7 Å². The summed E-state index contributed by atoms with van der Waals surface area (Å²) in [6.07, 6.45) is 0. The minimum Gasteiger partial charge on any atom is -0.0999 e. The Morgan fingerprint density at radius 2 is 0.406 bits per heavy atom. The third kappa shape index (κ3) is 3.44. The normalized spacial score (nSPS) is 11.1. The molecule has 0 spiro atoms. The van der Waals surface area contributed by atoms with Crippen LogP contribution in [0.15, 0.2) is 0 Å². The molecule has 20 radical (unpaired) electrons. The van der Waals surface area contributed by atoms with Crippen molar-refractivity contribution in [1.29, 1.82) is 0 Å². The highest BCUT2D eigenvalue weighted by Gasteiger charge is 2.22. The van der Waals surface area contributed by atoms with Crippen LogP contribution in [0, 0.1) is 27.7 Å². The van der Waals surface area contributed by atoms with Gasteiger partial charge in [0.25, 0.3) is 0 Å². The number of benzene rings is 3. The lowest BCUT2D eigenvalue weighted by molar-refractivity contribution is 1.40. The van der Waals surface area contributed by atoms with Gasteiger partial charge in [-0.1, -0.05) is 76.9 Å². The zero-order valence-electron chi connectivity index (χ0n) is 18.8. The second kappa shape index (κ2) is 8.58. The minimum atomic E-state index is 0.128. The van der Waals surface area contributed by atoms with Gasteiger partial charge in [-0.3, -0.25) is 0 Å². The van der Waals surface area contributed by atoms with Crippen molar-refractivity contribution in [2.75, 3.05) is 0 Å². The topological polar surface area (TPSA) is 0 Å². The fourth-order valence-corrected chi connectivity index (χ4v) is 4.05. The molecule has 0 aliphatic heterocycles. The fourth-order valence-electron chi connectivity index (χ4n) is 4.05. The summed E-state index contributed by atoms with van der Waals surface area (Å²) in [5, 5.41) is 0. The zero-order chi connectivity index (χ0) is 24.4. The van der Waals surface area contributed by atoms with Crippen LogP contribution in [0.25, 0.3) is 22.3 Å². The first-order chi connectivity index (χ1) is 14.7. The molecule has 0 unspecified atom stereocenters. The quantitative estimate of drug-likeness (QED) is 0.387. The summed E-state index contributed by atoms with van der Waals surface area (Å²) in [7, 11) is 63.8. The molecule has 0 aliphatic rings. The molecule has 0 saturated heterocycles. The van der Waals surface area contributed by atoms with Gasteiger partial charge in [0, 0.05) is 0 Å².